The van der Waals surface area contributed by atoms with Gasteiger partial charge in [-0.05, 0) is 19.1 Å². The first kappa shape index (κ1) is 17.4. The van der Waals surface area contributed by atoms with E-state index in [-0.39, 0.29) is 12.3 Å². The van der Waals surface area contributed by atoms with Crippen molar-refractivity contribution in [3.05, 3.63) is 46.4 Å². The monoisotopic (exact) mass is 352 g/mol. The van der Waals surface area contributed by atoms with Crippen LogP contribution in [0.4, 0.5) is 0 Å². The highest BCUT2D eigenvalue weighted by Crippen LogP contribution is 2.10. The Balaban J connectivity index is 1.82. The fraction of sp³-hybridized carbons (Fsp3) is 0.333. The fourth-order valence-electron chi connectivity index (χ4n) is 1.91. The lowest BCUT2D eigenvalue weighted by atomic mass is 10.4. The van der Waals surface area contributed by atoms with Gasteiger partial charge in [-0.1, -0.05) is 18.2 Å². The zero-order chi connectivity index (χ0) is 16.7. The Labute approximate surface area is 140 Å². The zero-order valence-corrected chi connectivity index (χ0v) is 14.7. The molecule has 23 heavy (non-hydrogen) atoms. The number of benzene rings is 1. The lowest BCUT2D eigenvalue weighted by Gasteiger charge is -2.11. The molecule has 2 N–H and O–H groups in total. The van der Waals surface area contributed by atoms with Crippen LogP contribution in [0.25, 0.3) is 0 Å². The van der Waals surface area contributed by atoms with E-state index in [1.165, 1.54) is 0 Å². The molecule has 6 nitrogen and oxygen atoms in total. The molecule has 0 atom stereocenters. The highest BCUT2D eigenvalue weighted by molar-refractivity contribution is 7.91. The molecule has 1 heterocycles. The van der Waals surface area contributed by atoms with Crippen LogP contribution in [0.2, 0.25) is 0 Å². The second-order valence-corrected chi connectivity index (χ2v) is 8.28. The number of aryl methyl sites for hydroxylation is 1. The molecular formula is C15H20N4O2S2. The highest BCUT2D eigenvalue weighted by atomic mass is 32.2. The van der Waals surface area contributed by atoms with Gasteiger partial charge < -0.3 is 10.6 Å². The van der Waals surface area contributed by atoms with E-state index >= 15 is 0 Å². The van der Waals surface area contributed by atoms with Crippen molar-refractivity contribution in [3.8, 4) is 0 Å². The first-order valence-electron chi connectivity index (χ1n) is 7.15. The van der Waals surface area contributed by atoms with Gasteiger partial charge >= 0.3 is 0 Å². The van der Waals surface area contributed by atoms with E-state index in [0.717, 1.165) is 9.88 Å². The summed E-state index contributed by atoms with van der Waals surface area (Å²) in [6, 6.07) is 8.44. The Morgan fingerprint density at radius 2 is 2.00 bits per heavy atom. The number of guanidine groups is 1. The fourth-order valence-corrected chi connectivity index (χ4v) is 3.82. The number of sulfone groups is 1. The second kappa shape index (κ2) is 8.07. The molecule has 8 heteroatoms. The number of aliphatic imine (C=N–C) groups is 1. The molecule has 0 radical (unpaired) electrons. The minimum absolute atomic E-state index is 0.00801. The predicted molar refractivity (Wildman–Crippen MR) is 93.5 cm³/mol. The van der Waals surface area contributed by atoms with Gasteiger partial charge in [-0.2, -0.15) is 0 Å². The zero-order valence-electron chi connectivity index (χ0n) is 13.1. The lowest BCUT2D eigenvalue weighted by Crippen LogP contribution is -2.39. The van der Waals surface area contributed by atoms with E-state index in [0.29, 0.717) is 17.4 Å². The smallest absolute Gasteiger partial charge is 0.191 e. The molecule has 0 spiro atoms. The van der Waals surface area contributed by atoms with Gasteiger partial charge in [0.15, 0.2) is 15.8 Å². The van der Waals surface area contributed by atoms with Crippen molar-refractivity contribution < 1.29 is 8.42 Å². The average Bonchev–Trinajstić information content (AvgIpc) is 2.97. The SMILES string of the molecule is CN=C(NCCS(=O)(=O)c1ccccc1)NCc1ncc(C)s1. The summed E-state index contributed by atoms with van der Waals surface area (Å²) in [4.78, 5) is 9.82. The van der Waals surface area contributed by atoms with Crippen molar-refractivity contribution in [3.63, 3.8) is 0 Å². The molecule has 124 valence electrons. The van der Waals surface area contributed by atoms with Gasteiger partial charge in [0.25, 0.3) is 0 Å². The van der Waals surface area contributed by atoms with Crippen LogP contribution in [0, 0.1) is 6.92 Å². The summed E-state index contributed by atoms with van der Waals surface area (Å²) in [7, 11) is -1.64. The molecule has 2 aromatic rings. The van der Waals surface area contributed by atoms with Crippen LogP contribution in [-0.4, -0.2) is 38.7 Å². The molecule has 2 rings (SSSR count). The summed E-state index contributed by atoms with van der Waals surface area (Å²) in [6.45, 7) is 2.85. The molecule has 0 unspecified atom stereocenters. The summed E-state index contributed by atoms with van der Waals surface area (Å²) in [6.07, 6.45) is 1.82. The molecule has 0 amide bonds. The van der Waals surface area contributed by atoms with Crippen molar-refractivity contribution in [1.82, 2.24) is 15.6 Å². The van der Waals surface area contributed by atoms with E-state index in [1.807, 2.05) is 13.1 Å². The first-order valence-corrected chi connectivity index (χ1v) is 9.62. The molecule has 0 fully saturated rings. The molecule has 1 aromatic carbocycles. The van der Waals surface area contributed by atoms with Crippen LogP contribution in [0.15, 0.2) is 46.4 Å². The number of hydrogen-bond acceptors (Lipinski definition) is 5. The predicted octanol–water partition coefficient (Wildman–Crippen LogP) is 1.59. The maximum Gasteiger partial charge on any atom is 0.191 e. The minimum atomic E-state index is -3.28. The largest absolute Gasteiger partial charge is 0.355 e. The molecule has 0 saturated heterocycles. The average molecular weight is 352 g/mol. The summed E-state index contributed by atoms with van der Waals surface area (Å²) >= 11 is 1.61. The molecule has 0 aliphatic rings. The number of rotatable bonds is 6. The van der Waals surface area contributed by atoms with Gasteiger partial charge in [0.2, 0.25) is 0 Å². The van der Waals surface area contributed by atoms with Crippen LogP contribution in [0.3, 0.4) is 0 Å². The van der Waals surface area contributed by atoms with Gasteiger partial charge in [0, 0.05) is 24.7 Å². The van der Waals surface area contributed by atoms with Crippen molar-refractivity contribution in [2.75, 3.05) is 19.3 Å². The molecule has 0 saturated carbocycles. The summed E-state index contributed by atoms with van der Waals surface area (Å²) in [5.74, 6) is 0.565. The number of nitrogens with zero attached hydrogens (tertiary/aromatic N) is 2. The van der Waals surface area contributed by atoms with Crippen molar-refractivity contribution in [1.29, 1.82) is 0 Å². The van der Waals surface area contributed by atoms with Crippen LogP contribution in [0.1, 0.15) is 9.88 Å². The maximum absolute atomic E-state index is 12.2. The number of nitrogens with one attached hydrogen (secondary N) is 2. The van der Waals surface area contributed by atoms with Gasteiger partial charge in [0.1, 0.15) is 5.01 Å². The quantitative estimate of drug-likeness (QED) is 0.609. The molecule has 1 aromatic heterocycles. The molecule has 0 aliphatic carbocycles. The lowest BCUT2D eigenvalue weighted by molar-refractivity contribution is 0.594. The third-order valence-electron chi connectivity index (χ3n) is 3.07. The molecule has 0 bridgehead atoms. The topological polar surface area (TPSA) is 83.5 Å². The second-order valence-electron chi connectivity index (χ2n) is 4.85. The van der Waals surface area contributed by atoms with Crippen LogP contribution >= 0.6 is 11.3 Å². The Morgan fingerprint density at radius 1 is 1.26 bits per heavy atom. The number of thiazole rings is 1. The molecule has 0 aliphatic heterocycles. The van der Waals surface area contributed by atoms with E-state index in [4.69, 9.17) is 0 Å². The summed E-state index contributed by atoms with van der Waals surface area (Å²) < 4.78 is 24.4. The standard InChI is InChI=1S/C15H20N4O2S2/c1-12-10-18-14(22-12)11-19-15(16-2)17-8-9-23(20,21)13-6-4-3-5-7-13/h3-7,10H,8-9,11H2,1-2H3,(H2,16,17,19). The summed E-state index contributed by atoms with van der Waals surface area (Å²) in [5, 5.41) is 7.09. The van der Waals surface area contributed by atoms with Crippen molar-refractivity contribution in [2.24, 2.45) is 4.99 Å². The van der Waals surface area contributed by atoms with Gasteiger partial charge in [-0.15, -0.1) is 11.3 Å². The number of hydrogen-bond donors (Lipinski definition) is 2. The van der Waals surface area contributed by atoms with E-state index < -0.39 is 9.84 Å². The Morgan fingerprint density at radius 3 is 2.61 bits per heavy atom. The summed E-state index contributed by atoms with van der Waals surface area (Å²) in [5.41, 5.74) is 0. The van der Waals surface area contributed by atoms with E-state index in [2.05, 4.69) is 20.6 Å². The Hall–Kier alpha value is -1.93. The van der Waals surface area contributed by atoms with Gasteiger partial charge in [-0.3, -0.25) is 4.99 Å². The first-order chi connectivity index (χ1) is 11.0. The van der Waals surface area contributed by atoms with Crippen LogP contribution < -0.4 is 10.6 Å². The molecular weight excluding hydrogens is 332 g/mol. The van der Waals surface area contributed by atoms with Crippen LogP contribution in [-0.2, 0) is 16.4 Å². The minimum Gasteiger partial charge on any atom is -0.355 e. The maximum atomic E-state index is 12.2. The Bertz CT molecular complexity index is 755. The van der Waals surface area contributed by atoms with Crippen LogP contribution in [0.5, 0.6) is 0 Å². The van der Waals surface area contributed by atoms with E-state index in [9.17, 15) is 8.42 Å². The van der Waals surface area contributed by atoms with Gasteiger partial charge in [-0.25, -0.2) is 13.4 Å². The highest BCUT2D eigenvalue weighted by Gasteiger charge is 2.13. The van der Waals surface area contributed by atoms with Crippen molar-refractivity contribution >= 4 is 27.1 Å². The Kier molecular flexibility index (Phi) is 6.12. The van der Waals surface area contributed by atoms with E-state index in [1.54, 1.807) is 48.7 Å². The number of aromatic nitrogens is 1. The van der Waals surface area contributed by atoms with Crippen molar-refractivity contribution in [2.45, 2.75) is 18.4 Å². The normalized spacial score (nSPS) is 12.2. The van der Waals surface area contributed by atoms with Gasteiger partial charge in [0.05, 0.1) is 17.2 Å². The third kappa shape index (κ3) is 5.33. The third-order valence-corrected chi connectivity index (χ3v) is 5.71.